The van der Waals surface area contributed by atoms with Crippen molar-refractivity contribution in [3.05, 3.63) is 22.7 Å². The van der Waals surface area contributed by atoms with Gasteiger partial charge in [0, 0.05) is 50.5 Å². The number of aromatic nitrogens is 2. The van der Waals surface area contributed by atoms with Gasteiger partial charge in [-0.15, -0.1) is 0 Å². The average Bonchev–Trinajstić information content (AvgIpc) is 2.79. The molecule has 3 aliphatic carbocycles. The molecule has 0 radical (unpaired) electrons. The Bertz CT molecular complexity index is 957. The minimum Gasteiger partial charge on any atom is -0.353 e. The lowest BCUT2D eigenvalue weighted by molar-refractivity contribution is -0.136. The third-order valence-corrected chi connectivity index (χ3v) is 8.91. The zero-order chi connectivity index (χ0) is 24.8. The summed E-state index contributed by atoms with van der Waals surface area (Å²) in [4.78, 5) is 33.6. The van der Waals surface area contributed by atoms with Crippen LogP contribution in [0.2, 0.25) is 0 Å². The van der Waals surface area contributed by atoms with E-state index in [0.29, 0.717) is 55.4 Å². The normalized spacial score (nSPS) is 33.4. The van der Waals surface area contributed by atoms with E-state index >= 15 is 0 Å². The van der Waals surface area contributed by atoms with E-state index in [0.717, 1.165) is 32.2 Å². The van der Waals surface area contributed by atoms with Crippen LogP contribution >= 0.6 is 0 Å². The van der Waals surface area contributed by atoms with Crippen molar-refractivity contribution in [1.82, 2.24) is 19.8 Å². The van der Waals surface area contributed by atoms with E-state index in [9.17, 15) is 9.59 Å². The van der Waals surface area contributed by atoms with E-state index in [1.54, 1.807) is 18.7 Å². The van der Waals surface area contributed by atoms with Crippen molar-refractivity contribution in [3.8, 4) is 0 Å². The molecule has 1 aliphatic heterocycles. The fraction of sp³-hybridized carbons (Fsp3) is 0.808. The van der Waals surface area contributed by atoms with Crippen molar-refractivity contribution in [3.63, 3.8) is 0 Å². The van der Waals surface area contributed by atoms with Gasteiger partial charge in [-0.3, -0.25) is 9.36 Å². The van der Waals surface area contributed by atoms with Gasteiger partial charge in [0.05, 0.1) is 5.54 Å². The monoisotopic (exact) mass is 485 g/mol. The molecule has 2 heterocycles. The van der Waals surface area contributed by atoms with Crippen molar-refractivity contribution in [1.29, 1.82) is 0 Å². The molecule has 9 nitrogen and oxygen atoms in total. The van der Waals surface area contributed by atoms with Gasteiger partial charge in [-0.1, -0.05) is 0 Å². The molecule has 35 heavy (non-hydrogen) atoms. The lowest BCUT2D eigenvalue weighted by Gasteiger charge is -2.57. The van der Waals surface area contributed by atoms with Crippen molar-refractivity contribution < 1.29 is 4.79 Å². The van der Waals surface area contributed by atoms with Gasteiger partial charge < -0.3 is 26.6 Å². The SMILES string of the molecule is CC(C)(N)C(=O)N1CCN(c2ccn(C3CCC(CNC4CC5(CC(N)C5)C4)CC3)c(=O)n2)CC1. The number of piperazine rings is 1. The van der Waals surface area contributed by atoms with Gasteiger partial charge in [-0.2, -0.15) is 4.98 Å². The van der Waals surface area contributed by atoms with Crippen molar-refractivity contribution in [2.75, 3.05) is 37.6 Å². The predicted octanol–water partition coefficient (Wildman–Crippen LogP) is 1.22. The fourth-order valence-corrected chi connectivity index (χ4v) is 6.88. The molecule has 1 aromatic heterocycles. The highest BCUT2D eigenvalue weighted by Gasteiger charge is 2.51. The molecule has 1 spiro atoms. The minimum atomic E-state index is -0.860. The van der Waals surface area contributed by atoms with Gasteiger partial charge in [-0.25, -0.2) is 4.79 Å². The van der Waals surface area contributed by atoms with Crippen LogP contribution in [-0.2, 0) is 4.79 Å². The third-order valence-electron chi connectivity index (χ3n) is 8.91. The van der Waals surface area contributed by atoms with Crippen LogP contribution in [0.15, 0.2) is 17.1 Å². The highest BCUT2D eigenvalue weighted by molar-refractivity contribution is 5.85. The molecular weight excluding hydrogens is 442 g/mol. The molecule has 1 amide bonds. The van der Waals surface area contributed by atoms with Crippen LogP contribution in [0.4, 0.5) is 5.82 Å². The van der Waals surface area contributed by atoms with Gasteiger partial charge in [0.25, 0.3) is 0 Å². The van der Waals surface area contributed by atoms with E-state index in [4.69, 9.17) is 11.5 Å². The van der Waals surface area contributed by atoms with Crippen molar-refractivity contribution in [2.45, 2.75) is 88.9 Å². The number of carbonyl (C=O) groups excluding carboxylic acids is 1. The average molecular weight is 486 g/mol. The molecule has 5 rings (SSSR count). The standard InChI is InChI=1S/C26H43N7O2/c1-25(2,28)23(34)32-11-9-31(10-12-32)22-7-8-33(24(35)30-22)21-5-3-18(4-6-21)17-29-20-15-26(16-20)13-19(27)14-26/h7-8,18-21,29H,3-6,9-17,27-28H2,1-2H3. The van der Waals surface area contributed by atoms with E-state index in [-0.39, 0.29) is 17.6 Å². The van der Waals surface area contributed by atoms with Crippen LogP contribution in [0, 0.1) is 11.3 Å². The molecule has 5 N–H and O–H groups in total. The van der Waals surface area contributed by atoms with Crippen LogP contribution in [0.3, 0.4) is 0 Å². The molecule has 4 fully saturated rings. The van der Waals surface area contributed by atoms with Crippen molar-refractivity contribution >= 4 is 11.7 Å². The summed E-state index contributed by atoms with van der Waals surface area (Å²) in [7, 11) is 0. The second-order valence-corrected chi connectivity index (χ2v) is 12.3. The summed E-state index contributed by atoms with van der Waals surface area (Å²) in [6.45, 7) is 7.08. The van der Waals surface area contributed by atoms with Gasteiger partial charge >= 0.3 is 5.69 Å². The second-order valence-electron chi connectivity index (χ2n) is 12.3. The maximum atomic E-state index is 12.9. The maximum Gasteiger partial charge on any atom is 0.349 e. The van der Waals surface area contributed by atoms with E-state index < -0.39 is 5.54 Å². The maximum absolute atomic E-state index is 12.9. The Balaban J connectivity index is 1.07. The molecule has 3 saturated carbocycles. The summed E-state index contributed by atoms with van der Waals surface area (Å²) in [5.74, 6) is 1.37. The van der Waals surface area contributed by atoms with Crippen LogP contribution in [-0.4, -0.2) is 70.7 Å². The highest BCUT2D eigenvalue weighted by Crippen LogP contribution is 2.55. The number of nitrogens with one attached hydrogen (secondary N) is 1. The van der Waals surface area contributed by atoms with Gasteiger partial charge in [0.2, 0.25) is 5.91 Å². The Morgan fingerprint density at radius 2 is 1.77 bits per heavy atom. The lowest BCUT2D eigenvalue weighted by atomic mass is 9.52. The summed E-state index contributed by atoms with van der Waals surface area (Å²) >= 11 is 0. The summed E-state index contributed by atoms with van der Waals surface area (Å²) in [6, 6.07) is 3.33. The third kappa shape index (κ3) is 5.27. The van der Waals surface area contributed by atoms with Crippen LogP contribution < -0.4 is 27.4 Å². The number of nitrogens with two attached hydrogens (primary N) is 2. The number of nitrogens with zero attached hydrogens (tertiary/aromatic N) is 4. The summed E-state index contributed by atoms with van der Waals surface area (Å²) in [5, 5.41) is 3.80. The summed E-state index contributed by atoms with van der Waals surface area (Å²) in [5.41, 5.74) is 11.5. The predicted molar refractivity (Wildman–Crippen MR) is 137 cm³/mol. The Morgan fingerprint density at radius 1 is 1.11 bits per heavy atom. The molecule has 1 aromatic rings. The van der Waals surface area contributed by atoms with E-state index in [1.807, 2.05) is 16.8 Å². The summed E-state index contributed by atoms with van der Waals surface area (Å²) in [6.07, 6.45) is 11.4. The molecule has 194 valence electrons. The largest absolute Gasteiger partial charge is 0.353 e. The first-order chi connectivity index (χ1) is 16.6. The van der Waals surface area contributed by atoms with Gasteiger partial charge in [-0.05, 0) is 89.2 Å². The fourth-order valence-electron chi connectivity index (χ4n) is 6.88. The molecular formula is C26H43N7O2. The molecule has 0 aromatic carbocycles. The van der Waals surface area contributed by atoms with Crippen molar-refractivity contribution in [2.24, 2.45) is 22.8 Å². The van der Waals surface area contributed by atoms with Crippen LogP contribution in [0.1, 0.15) is 71.3 Å². The molecule has 9 heteroatoms. The van der Waals surface area contributed by atoms with E-state index in [1.165, 1.54) is 25.7 Å². The zero-order valence-electron chi connectivity index (χ0n) is 21.4. The first kappa shape index (κ1) is 24.7. The Kier molecular flexibility index (Phi) is 6.70. The van der Waals surface area contributed by atoms with Gasteiger partial charge in [0.15, 0.2) is 0 Å². The zero-order valence-corrected chi connectivity index (χ0v) is 21.4. The number of carbonyl (C=O) groups is 1. The smallest absolute Gasteiger partial charge is 0.349 e. The summed E-state index contributed by atoms with van der Waals surface area (Å²) < 4.78 is 1.83. The minimum absolute atomic E-state index is 0.0361. The topological polar surface area (TPSA) is 123 Å². The first-order valence-corrected chi connectivity index (χ1v) is 13.5. The molecule has 0 unspecified atom stereocenters. The number of hydrogen-bond donors (Lipinski definition) is 3. The lowest BCUT2D eigenvalue weighted by Crippen LogP contribution is -2.59. The number of hydrogen-bond acceptors (Lipinski definition) is 7. The van der Waals surface area contributed by atoms with Crippen LogP contribution in [0.5, 0.6) is 0 Å². The molecule has 4 aliphatic rings. The Morgan fingerprint density at radius 3 is 2.34 bits per heavy atom. The number of anilines is 1. The second kappa shape index (κ2) is 9.48. The molecule has 0 bridgehead atoms. The van der Waals surface area contributed by atoms with E-state index in [2.05, 4.69) is 15.2 Å². The first-order valence-electron chi connectivity index (χ1n) is 13.5. The Hall–Kier alpha value is -1.97. The molecule has 0 atom stereocenters. The number of rotatable bonds is 6. The number of amides is 1. The van der Waals surface area contributed by atoms with Crippen LogP contribution in [0.25, 0.3) is 0 Å². The quantitative estimate of drug-likeness (QED) is 0.554. The van der Waals surface area contributed by atoms with Gasteiger partial charge in [0.1, 0.15) is 5.82 Å². The highest BCUT2D eigenvalue weighted by atomic mass is 16.2. The Labute approximate surface area is 208 Å². The molecule has 1 saturated heterocycles.